The van der Waals surface area contributed by atoms with Crippen molar-refractivity contribution < 1.29 is 14.3 Å². The number of allylic oxidation sites excluding steroid dienone is 1. The highest BCUT2D eigenvalue weighted by atomic mass is 16.5. The van der Waals surface area contributed by atoms with Gasteiger partial charge in [0, 0.05) is 12.6 Å². The molecule has 0 aliphatic heterocycles. The monoisotopic (exact) mass is 330 g/mol. The third-order valence-electron chi connectivity index (χ3n) is 2.88. The molecule has 0 aliphatic rings. The van der Waals surface area contributed by atoms with E-state index in [9.17, 15) is 9.59 Å². The van der Waals surface area contributed by atoms with Gasteiger partial charge in [0.25, 0.3) is 6.47 Å². The molecule has 2 aromatic rings. The first-order valence-electron chi connectivity index (χ1n) is 7.59. The van der Waals surface area contributed by atoms with Gasteiger partial charge in [-0.25, -0.2) is 4.68 Å². The number of carbonyl (C=O) groups is 1. The molecule has 6 heteroatoms. The minimum atomic E-state index is -0.239. The zero-order chi connectivity index (χ0) is 17.9. The molecule has 0 N–H and O–H groups in total. The third kappa shape index (κ3) is 5.72. The maximum Gasteiger partial charge on any atom is 0.309 e. The van der Waals surface area contributed by atoms with Gasteiger partial charge in [0.1, 0.15) is 5.75 Å². The molecule has 1 aromatic heterocycles. The Balaban J connectivity index is 0.000000505. The van der Waals surface area contributed by atoms with Crippen molar-refractivity contribution >= 4 is 12.0 Å². The fourth-order valence-corrected chi connectivity index (χ4v) is 1.70. The van der Waals surface area contributed by atoms with E-state index in [0.29, 0.717) is 31.1 Å². The Bertz CT molecular complexity index is 724. The van der Waals surface area contributed by atoms with E-state index in [4.69, 9.17) is 4.74 Å². The van der Waals surface area contributed by atoms with Gasteiger partial charge in [0.15, 0.2) is 5.75 Å². The molecule has 0 amide bonds. The Hall–Kier alpha value is -2.89. The number of benzene rings is 1. The van der Waals surface area contributed by atoms with Crippen molar-refractivity contribution in [3.8, 4) is 11.5 Å². The lowest BCUT2D eigenvalue weighted by molar-refractivity contribution is -0.128. The van der Waals surface area contributed by atoms with Crippen LogP contribution in [0.4, 0.5) is 0 Å². The highest BCUT2D eigenvalue weighted by molar-refractivity contribution is 5.58. The molecule has 0 aliphatic carbocycles. The number of aryl methyl sites for hydroxylation is 1. The molecule has 6 nitrogen and oxygen atoms in total. The second-order valence-electron chi connectivity index (χ2n) is 4.76. The third-order valence-corrected chi connectivity index (χ3v) is 2.88. The molecule has 0 fully saturated rings. The Morgan fingerprint density at radius 1 is 1.29 bits per heavy atom. The fourth-order valence-electron chi connectivity index (χ4n) is 1.70. The molecular weight excluding hydrogens is 308 g/mol. The van der Waals surface area contributed by atoms with Crippen LogP contribution in [0.3, 0.4) is 0 Å². The average Bonchev–Trinajstić information content (AvgIpc) is 2.58. The standard InChI is InChI=1S/C15H16N2O2.C3H6O2/c1-4-17-15(18)14(10-13(16-17)11(2)3)19-12-8-6-5-7-9-12;1-2-5-3-4/h5-10H,2,4H2,1,3H3;3H,2H2,1H3. The number of ether oxygens (including phenoxy) is 2. The number of para-hydroxylation sites is 1. The lowest BCUT2D eigenvalue weighted by Crippen LogP contribution is -2.24. The van der Waals surface area contributed by atoms with Crippen molar-refractivity contribution in [2.24, 2.45) is 0 Å². The molecule has 1 heterocycles. The Kier molecular flexibility index (Phi) is 7.98. The maximum atomic E-state index is 12.1. The van der Waals surface area contributed by atoms with Gasteiger partial charge in [-0.15, -0.1) is 0 Å². The van der Waals surface area contributed by atoms with E-state index < -0.39 is 0 Å². The number of hydrogen-bond donors (Lipinski definition) is 0. The van der Waals surface area contributed by atoms with Gasteiger partial charge in [0.05, 0.1) is 12.3 Å². The summed E-state index contributed by atoms with van der Waals surface area (Å²) in [7, 11) is 0. The largest absolute Gasteiger partial charge is 0.468 e. The van der Waals surface area contributed by atoms with E-state index in [1.807, 2.05) is 32.0 Å². The number of aromatic nitrogens is 2. The molecule has 24 heavy (non-hydrogen) atoms. The molecule has 0 atom stereocenters. The van der Waals surface area contributed by atoms with Crippen molar-refractivity contribution in [3.05, 3.63) is 59.0 Å². The van der Waals surface area contributed by atoms with Crippen molar-refractivity contribution in [1.29, 1.82) is 0 Å². The minimum Gasteiger partial charge on any atom is -0.468 e. The normalized spacial score (nSPS) is 9.46. The van der Waals surface area contributed by atoms with Crippen LogP contribution >= 0.6 is 0 Å². The van der Waals surface area contributed by atoms with E-state index in [2.05, 4.69) is 16.4 Å². The summed E-state index contributed by atoms with van der Waals surface area (Å²) in [5.74, 6) is 0.891. The molecule has 0 saturated heterocycles. The van der Waals surface area contributed by atoms with Crippen LogP contribution in [0.15, 0.2) is 47.8 Å². The summed E-state index contributed by atoms with van der Waals surface area (Å²) >= 11 is 0. The van der Waals surface area contributed by atoms with E-state index >= 15 is 0 Å². The van der Waals surface area contributed by atoms with Gasteiger partial charge in [-0.1, -0.05) is 24.8 Å². The van der Waals surface area contributed by atoms with Crippen LogP contribution in [0.5, 0.6) is 11.5 Å². The fraction of sp³-hybridized carbons (Fsp3) is 0.278. The summed E-state index contributed by atoms with van der Waals surface area (Å²) in [5, 5.41) is 4.22. The number of nitrogens with zero attached hydrogens (tertiary/aromatic N) is 2. The smallest absolute Gasteiger partial charge is 0.309 e. The maximum absolute atomic E-state index is 12.1. The highest BCUT2D eigenvalue weighted by Crippen LogP contribution is 2.19. The summed E-state index contributed by atoms with van der Waals surface area (Å²) < 4.78 is 11.2. The molecule has 0 spiro atoms. The van der Waals surface area contributed by atoms with Gasteiger partial charge in [-0.05, 0) is 38.5 Å². The lowest BCUT2D eigenvalue weighted by atomic mass is 10.2. The Labute approximate surface area is 141 Å². The summed E-state index contributed by atoms with van der Waals surface area (Å²) in [5.41, 5.74) is 1.21. The van der Waals surface area contributed by atoms with E-state index in [1.165, 1.54) is 4.68 Å². The van der Waals surface area contributed by atoms with Crippen LogP contribution in [-0.2, 0) is 16.1 Å². The number of carbonyl (C=O) groups excluding carboxylic acids is 1. The van der Waals surface area contributed by atoms with Gasteiger partial charge in [-0.3, -0.25) is 9.59 Å². The van der Waals surface area contributed by atoms with E-state index in [1.54, 1.807) is 25.1 Å². The van der Waals surface area contributed by atoms with Crippen LogP contribution in [0, 0.1) is 0 Å². The van der Waals surface area contributed by atoms with Crippen LogP contribution in [-0.4, -0.2) is 22.9 Å². The van der Waals surface area contributed by atoms with Crippen molar-refractivity contribution in [2.75, 3.05) is 6.61 Å². The van der Waals surface area contributed by atoms with Gasteiger partial charge in [0.2, 0.25) is 0 Å². The number of hydrogen-bond acceptors (Lipinski definition) is 5. The van der Waals surface area contributed by atoms with Crippen molar-refractivity contribution in [1.82, 2.24) is 9.78 Å². The second kappa shape index (κ2) is 9.99. The van der Waals surface area contributed by atoms with Gasteiger partial charge >= 0.3 is 5.56 Å². The van der Waals surface area contributed by atoms with E-state index in [0.717, 1.165) is 5.57 Å². The molecule has 0 unspecified atom stereocenters. The predicted molar refractivity (Wildman–Crippen MR) is 93.1 cm³/mol. The highest BCUT2D eigenvalue weighted by Gasteiger charge is 2.10. The summed E-state index contributed by atoms with van der Waals surface area (Å²) in [6.07, 6.45) is 0. The molecule has 1 aromatic carbocycles. The summed E-state index contributed by atoms with van der Waals surface area (Å²) in [6, 6.07) is 10.8. The van der Waals surface area contributed by atoms with Crippen molar-refractivity contribution in [3.63, 3.8) is 0 Å². The SMILES string of the molecule is C=C(C)c1cc(Oc2ccccc2)c(=O)n(CC)n1.CCOC=O. The topological polar surface area (TPSA) is 70.4 Å². The summed E-state index contributed by atoms with van der Waals surface area (Å²) in [6.45, 7) is 10.7. The summed E-state index contributed by atoms with van der Waals surface area (Å²) in [4.78, 5) is 21.3. The minimum absolute atomic E-state index is 0.239. The zero-order valence-electron chi connectivity index (χ0n) is 14.2. The van der Waals surface area contributed by atoms with E-state index in [-0.39, 0.29) is 11.3 Å². The second-order valence-corrected chi connectivity index (χ2v) is 4.76. The van der Waals surface area contributed by atoms with Crippen LogP contribution in [0.1, 0.15) is 26.5 Å². The van der Waals surface area contributed by atoms with Crippen LogP contribution < -0.4 is 10.3 Å². The van der Waals surface area contributed by atoms with Gasteiger partial charge in [-0.2, -0.15) is 5.10 Å². The average molecular weight is 330 g/mol. The number of rotatable bonds is 6. The zero-order valence-corrected chi connectivity index (χ0v) is 14.2. The first kappa shape index (κ1) is 19.2. The van der Waals surface area contributed by atoms with Crippen molar-refractivity contribution in [2.45, 2.75) is 27.3 Å². The van der Waals surface area contributed by atoms with Crippen LogP contribution in [0.25, 0.3) is 5.57 Å². The predicted octanol–water partition coefficient (Wildman–Crippen LogP) is 3.27. The van der Waals surface area contributed by atoms with Crippen LogP contribution in [0.2, 0.25) is 0 Å². The van der Waals surface area contributed by atoms with Gasteiger partial charge < -0.3 is 9.47 Å². The molecule has 0 bridgehead atoms. The Morgan fingerprint density at radius 2 is 1.96 bits per heavy atom. The quantitative estimate of drug-likeness (QED) is 0.760. The molecular formula is C18H22N2O4. The first-order valence-corrected chi connectivity index (χ1v) is 7.59. The first-order chi connectivity index (χ1) is 11.5. The molecule has 0 radical (unpaired) electrons. The Morgan fingerprint density at radius 3 is 2.42 bits per heavy atom. The molecule has 128 valence electrons. The molecule has 2 rings (SSSR count). The molecule has 0 saturated carbocycles. The lowest BCUT2D eigenvalue weighted by Gasteiger charge is -2.10.